The predicted octanol–water partition coefficient (Wildman–Crippen LogP) is 8.36. The molecule has 0 spiro atoms. The average Bonchev–Trinajstić information content (AvgIpc) is 3.49. The number of aromatic hydroxyl groups is 1. The predicted molar refractivity (Wildman–Crippen MR) is 199 cm³/mol. The highest BCUT2D eigenvalue weighted by Gasteiger charge is 2.31. The summed E-state index contributed by atoms with van der Waals surface area (Å²) in [5.41, 5.74) is 3.14. The molecule has 1 aliphatic rings. The summed E-state index contributed by atoms with van der Waals surface area (Å²) in [6.45, 7) is 6.78. The second-order valence-electron chi connectivity index (χ2n) is 11.8. The van der Waals surface area contributed by atoms with Crippen LogP contribution in [0.3, 0.4) is 0 Å². The second-order valence-corrected chi connectivity index (χ2v) is 11.8. The fourth-order valence-corrected chi connectivity index (χ4v) is 5.15. The Morgan fingerprint density at radius 2 is 1.31 bits per heavy atom. The Labute approximate surface area is 293 Å². The zero-order valence-corrected chi connectivity index (χ0v) is 29.9. The largest absolute Gasteiger partial charge is 0.507 e. The first kappa shape index (κ1) is 40.6. The summed E-state index contributed by atoms with van der Waals surface area (Å²) in [6.07, 6.45) is 35.9. The van der Waals surface area contributed by atoms with Crippen molar-refractivity contribution in [3.63, 3.8) is 0 Å². The van der Waals surface area contributed by atoms with Gasteiger partial charge in [0.1, 0.15) is 23.7 Å². The number of fused-ring (bicyclic) bond motifs is 1. The molecule has 0 bridgehead atoms. The number of methoxy groups -OCH3 is 1. The number of allylic oxidation sites excluding steroid dienone is 14. The number of phenolic OH excluding ortho intramolecular Hbond substituents is 1. The van der Waals surface area contributed by atoms with Crippen LogP contribution < -0.4 is 15.4 Å². The number of ether oxygens (including phenoxy) is 2. The van der Waals surface area contributed by atoms with Crippen LogP contribution in [-0.4, -0.2) is 43.1 Å². The van der Waals surface area contributed by atoms with Crippen molar-refractivity contribution in [2.45, 2.75) is 98.0 Å². The maximum Gasteiger partial charge on any atom is 0.342 e. The molecule has 1 heterocycles. The fraction of sp³-hybridized carbons (Fsp3) is 0.439. The first-order chi connectivity index (χ1) is 23.8. The Hall–Kier alpha value is -4.59. The van der Waals surface area contributed by atoms with Crippen molar-refractivity contribution < 1.29 is 29.0 Å². The van der Waals surface area contributed by atoms with Crippen molar-refractivity contribution in [2.75, 3.05) is 20.2 Å². The summed E-state index contributed by atoms with van der Waals surface area (Å²) in [7, 11) is 1.53. The Morgan fingerprint density at radius 1 is 0.796 bits per heavy atom. The molecule has 1 aromatic rings. The molecule has 0 aliphatic carbocycles. The van der Waals surface area contributed by atoms with Gasteiger partial charge in [0.25, 0.3) is 0 Å². The number of hydrogen-bond acceptors (Lipinski definition) is 6. The van der Waals surface area contributed by atoms with Gasteiger partial charge in [0.05, 0.1) is 7.11 Å². The van der Waals surface area contributed by atoms with E-state index in [1.807, 2.05) is 26.0 Å². The van der Waals surface area contributed by atoms with E-state index in [1.54, 1.807) is 0 Å². The van der Waals surface area contributed by atoms with Crippen LogP contribution in [0.4, 0.5) is 0 Å². The molecule has 3 N–H and O–H groups in total. The van der Waals surface area contributed by atoms with Crippen LogP contribution in [0, 0.1) is 6.92 Å². The molecule has 8 nitrogen and oxygen atoms in total. The van der Waals surface area contributed by atoms with Gasteiger partial charge in [0, 0.05) is 37.1 Å². The van der Waals surface area contributed by atoms with Gasteiger partial charge in [0.2, 0.25) is 11.8 Å². The minimum atomic E-state index is -0.530. The van der Waals surface area contributed by atoms with Crippen molar-refractivity contribution >= 4 is 17.8 Å². The van der Waals surface area contributed by atoms with Gasteiger partial charge in [-0.05, 0) is 77.2 Å². The monoisotopic (exact) mass is 672 g/mol. The zero-order chi connectivity index (χ0) is 35.7. The molecule has 1 aliphatic heterocycles. The lowest BCUT2D eigenvalue weighted by atomic mass is 9.94. The number of phenols is 1. The molecule has 1 aromatic carbocycles. The van der Waals surface area contributed by atoms with Gasteiger partial charge in [-0.15, -0.1) is 0 Å². The second kappa shape index (κ2) is 24.5. The van der Waals surface area contributed by atoms with E-state index in [-0.39, 0.29) is 29.7 Å². The molecular formula is C41H56N2O6. The number of cyclic esters (lactones) is 1. The highest BCUT2D eigenvalue weighted by molar-refractivity contribution is 5.98. The van der Waals surface area contributed by atoms with E-state index < -0.39 is 5.97 Å². The van der Waals surface area contributed by atoms with Gasteiger partial charge < -0.3 is 25.2 Å². The molecule has 0 unspecified atom stereocenters. The SMILES string of the molecule is CCC=CCC=CCC=CCC=CCC=CCC=CCCC(=O)NCCNC(=O)CCC(C)=CCc1c(O)c2c(c(C)c1OC)COC2=O. The lowest BCUT2D eigenvalue weighted by Gasteiger charge is -2.15. The van der Waals surface area contributed by atoms with Gasteiger partial charge in [-0.2, -0.15) is 0 Å². The molecule has 2 rings (SSSR count). The zero-order valence-electron chi connectivity index (χ0n) is 29.9. The molecule has 0 aromatic heterocycles. The number of rotatable bonds is 23. The number of carbonyl (C=O) groups excluding carboxylic acids is 3. The summed E-state index contributed by atoms with van der Waals surface area (Å²) in [4.78, 5) is 36.5. The van der Waals surface area contributed by atoms with E-state index >= 15 is 0 Å². The van der Waals surface area contributed by atoms with Crippen molar-refractivity contribution in [3.05, 3.63) is 107 Å². The lowest BCUT2D eigenvalue weighted by Crippen LogP contribution is -2.34. The first-order valence-electron chi connectivity index (χ1n) is 17.5. The average molecular weight is 673 g/mol. The summed E-state index contributed by atoms with van der Waals surface area (Å²) in [5.74, 6) is -0.243. The number of amides is 2. The number of hydrogen-bond donors (Lipinski definition) is 3. The third-order valence-electron chi connectivity index (χ3n) is 7.95. The molecule has 0 saturated heterocycles. The number of benzene rings is 1. The molecule has 2 amide bonds. The Kier molecular flexibility index (Phi) is 20.3. The Bertz CT molecular complexity index is 1430. The minimum Gasteiger partial charge on any atom is -0.507 e. The van der Waals surface area contributed by atoms with Crippen molar-refractivity contribution in [2.24, 2.45) is 0 Å². The molecule has 8 heteroatoms. The van der Waals surface area contributed by atoms with Gasteiger partial charge >= 0.3 is 5.97 Å². The lowest BCUT2D eigenvalue weighted by molar-refractivity contribution is -0.122. The number of nitrogens with one attached hydrogen (secondary N) is 2. The molecule has 0 saturated carbocycles. The van der Waals surface area contributed by atoms with Gasteiger partial charge in [-0.1, -0.05) is 91.5 Å². The van der Waals surface area contributed by atoms with Crippen LogP contribution in [-0.2, 0) is 27.4 Å². The summed E-state index contributed by atoms with van der Waals surface area (Å²) < 4.78 is 10.6. The molecular weight excluding hydrogens is 616 g/mol. The van der Waals surface area contributed by atoms with Crippen LogP contribution in [0.1, 0.15) is 105 Å². The van der Waals surface area contributed by atoms with Crippen LogP contribution in [0.15, 0.2) is 84.6 Å². The molecule has 0 fully saturated rings. The summed E-state index contributed by atoms with van der Waals surface area (Å²) in [5, 5.41) is 16.4. The van der Waals surface area contributed by atoms with Crippen molar-refractivity contribution in [1.29, 1.82) is 0 Å². The van der Waals surface area contributed by atoms with Crippen molar-refractivity contribution in [1.82, 2.24) is 10.6 Å². The van der Waals surface area contributed by atoms with E-state index in [0.717, 1.165) is 49.7 Å². The fourth-order valence-electron chi connectivity index (χ4n) is 5.15. The van der Waals surface area contributed by atoms with Crippen LogP contribution in [0.25, 0.3) is 0 Å². The molecule has 266 valence electrons. The van der Waals surface area contributed by atoms with Crippen LogP contribution in [0.2, 0.25) is 0 Å². The summed E-state index contributed by atoms with van der Waals surface area (Å²) >= 11 is 0. The Morgan fingerprint density at radius 3 is 1.84 bits per heavy atom. The van der Waals surface area contributed by atoms with E-state index in [1.165, 1.54) is 7.11 Å². The van der Waals surface area contributed by atoms with Gasteiger partial charge in [-0.25, -0.2) is 4.79 Å². The van der Waals surface area contributed by atoms with E-state index in [2.05, 4.69) is 84.4 Å². The maximum absolute atomic E-state index is 12.3. The smallest absolute Gasteiger partial charge is 0.342 e. The minimum absolute atomic E-state index is 0.0405. The van der Waals surface area contributed by atoms with E-state index in [0.29, 0.717) is 62.1 Å². The summed E-state index contributed by atoms with van der Waals surface area (Å²) in [6, 6.07) is 0. The first-order valence-corrected chi connectivity index (χ1v) is 17.5. The van der Waals surface area contributed by atoms with Gasteiger partial charge in [0.15, 0.2) is 0 Å². The third kappa shape index (κ3) is 15.9. The number of esters is 1. The maximum atomic E-state index is 12.3. The van der Waals surface area contributed by atoms with Crippen LogP contribution >= 0.6 is 0 Å². The van der Waals surface area contributed by atoms with Crippen LogP contribution in [0.5, 0.6) is 11.5 Å². The molecule has 49 heavy (non-hydrogen) atoms. The van der Waals surface area contributed by atoms with E-state index in [9.17, 15) is 19.5 Å². The van der Waals surface area contributed by atoms with E-state index in [4.69, 9.17) is 9.47 Å². The normalized spacial score (nSPS) is 13.6. The standard InChI is InChI=1S/C41H56N2O6/c1-5-6-7-8-9-10-11-12-13-14-15-16-17-18-19-20-21-22-23-24-36(44)42-29-30-43-37(45)28-26-32(2)25-27-34-39(46)38-35(31-49-41(38)47)33(3)40(34)48-4/h6-7,9-10,12-13,15-16,18-19,21-22,25,46H,5,8,11,14,17,20,23-24,26-31H2,1-4H3,(H,42,44)(H,43,45). The van der Waals surface area contributed by atoms with Gasteiger partial charge in [-0.3, -0.25) is 9.59 Å². The molecule has 0 atom stereocenters. The third-order valence-corrected chi connectivity index (χ3v) is 7.95. The quantitative estimate of drug-likeness (QED) is 0.0612. The highest BCUT2D eigenvalue weighted by atomic mass is 16.5. The molecule has 0 radical (unpaired) electrons. The topological polar surface area (TPSA) is 114 Å². The highest BCUT2D eigenvalue weighted by Crippen LogP contribution is 2.42. The Balaban J connectivity index is 1.52. The van der Waals surface area contributed by atoms with Crippen molar-refractivity contribution in [3.8, 4) is 11.5 Å². The number of carbonyl (C=O) groups is 3.